The lowest BCUT2D eigenvalue weighted by atomic mass is 9.93. The smallest absolute Gasteiger partial charge is 0.320 e. The molecule has 1 unspecified atom stereocenters. The Balaban J connectivity index is 3.89. The number of hydrogen-bond donors (Lipinski definition) is 2. The molecular weight excluding hydrogens is 264 g/mol. The van der Waals surface area contributed by atoms with Gasteiger partial charge in [-0.1, -0.05) is 15.9 Å². The summed E-state index contributed by atoms with van der Waals surface area (Å²) >= 11 is 3.16. The predicted molar refractivity (Wildman–Crippen MR) is 60.6 cm³/mol. The van der Waals surface area contributed by atoms with E-state index in [1.807, 2.05) is 0 Å². The highest BCUT2D eigenvalue weighted by Gasteiger charge is 2.25. The van der Waals surface area contributed by atoms with Crippen LogP contribution in [0.3, 0.4) is 0 Å². The monoisotopic (exact) mass is 280 g/mol. The van der Waals surface area contributed by atoms with Crippen molar-refractivity contribution in [2.75, 3.05) is 20.2 Å². The van der Waals surface area contributed by atoms with E-state index in [1.54, 1.807) is 13.8 Å². The van der Waals surface area contributed by atoms with Gasteiger partial charge in [-0.25, -0.2) is 0 Å². The summed E-state index contributed by atoms with van der Waals surface area (Å²) in [5.74, 6) is -0.724. The van der Waals surface area contributed by atoms with E-state index in [2.05, 4.69) is 26.0 Å². The average Bonchev–Trinajstić information content (AvgIpc) is 2.15. The Morgan fingerprint density at radius 2 is 2.07 bits per heavy atom. The molecule has 0 aliphatic rings. The van der Waals surface area contributed by atoms with Crippen LogP contribution >= 0.6 is 15.9 Å². The molecule has 0 heterocycles. The summed E-state index contributed by atoms with van der Waals surface area (Å²) in [6, 6.07) is 0. The summed E-state index contributed by atoms with van der Waals surface area (Å²) in [6.45, 7) is 4.29. The van der Waals surface area contributed by atoms with Crippen LogP contribution in [0.25, 0.3) is 0 Å². The first kappa shape index (κ1) is 14.4. The molecule has 0 aromatic heterocycles. The number of methoxy groups -OCH3 is 1. The SMILES string of the molecule is COC(=O)C(Br)CNCC(C)(C)C(N)=O. The maximum atomic E-state index is 11.0. The first-order chi connectivity index (χ1) is 6.81. The Kier molecular flexibility index (Phi) is 5.82. The van der Waals surface area contributed by atoms with Crippen LogP contribution < -0.4 is 11.1 Å². The van der Waals surface area contributed by atoms with Crippen LogP contribution in [0.15, 0.2) is 0 Å². The molecular formula is C9H17BrN2O3. The number of nitrogens with two attached hydrogens (primary N) is 1. The third kappa shape index (κ3) is 5.13. The lowest BCUT2D eigenvalue weighted by Crippen LogP contribution is -2.42. The van der Waals surface area contributed by atoms with Crippen LogP contribution in [-0.2, 0) is 14.3 Å². The second-order valence-corrected chi connectivity index (χ2v) is 4.98. The van der Waals surface area contributed by atoms with E-state index < -0.39 is 10.2 Å². The molecule has 0 fully saturated rings. The van der Waals surface area contributed by atoms with Crippen molar-refractivity contribution in [3.63, 3.8) is 0 Å². The van der Waals surface area contributed by atoms with Crippen molar-refractivity contribution in [1.29, 1.82) is 0 Å². The molecule has 15 heavy (non-hydrogen) atoms. The van der Waals surface area contributed by atoms with E-state index in [1.165, 1.54) is 7.11 Å². The maximum Gasteiger partial charge on any atom is 0.320 e. The molecule has 88 valence electrons. The van der Waals surface area contributed by atoms with Crippen LogP contribution in [0.4, 0.5) is 0 Å². The van der Waals surface area contributed by atoms with Gasteiger partial charge in [0, 0.05) is 13.1 Å². The largest absolute Gasteiger partial charge is 0.468 e. The van der Waals surface area contributed by atoms with Crippen molar-refractivity contribution in [3.05, 3.63) is 0 Å². The highest BCUT2D eigenvalue weighted by Crippen LogP contribution is 2.12. The highest BCUT2D eigenvalue weighted by atomic mass is 79.9. The van der Waals surface area contributed by atoms with E-state index in [0.29, 0.717) is 13.1 Å². The number of nitrogens with one attached hydrogen (secondary N) is 1. The number of ether oxygens (including phenoxy) is 1. The van der Waals surface area contributed by atoms with Crippen molar-refractivity contribution < 1.29 is 14.3 Å². The molecule has 0 spiro atoms. The van der Waals surface area contributed by atoms with Gasteiger partial charge in [0.1, 0.15) is 4.83 Å². The van der Waals surface area contributed by atoms with E-state index in [9.17, 15) is 9.59 Å². The quantitative estimate of drug-likeness (QED) is 0.531. The number of hydrogen-bond acceptors (Lipinski definition) is 4. The number of amides is 1. The minimum absolute atomic E-state index is 0.348. The summed E-state index contributed by atoms with van der Waals surface area (Å²) < 4.78 is 4.52. The Morgan fingerprint density at radius 1 is 1.53 bits per heavy atom. The Bertz CT molecular complexity index is 244. The van der Waals surface area contributed by atoms with Gasteiger partial charge in [0.15, 0.2) is 0 Å². The van der Waals surface area contributed by atoms with Gasteiger partial charge in [-0.3, -0.25) is 9.59 Å². The zero-order valence-corrected chi connectivity index (χ0v) is 10.8. The van der Waals surface area contributed by atoms with E-state index in [0.717, 1.165) is 0 Å². The van der Waals surface area contributed by atoms with Crippen molar-refractivity contribution in [1.82, 2.24) is 5.32 Å². The highest BCUT2D eigenvalue weighted by molar-refractivity contribution is 9.10. The topological polar surface area (TPSA) is 81.4 Å². The first-order valence-corrected chi connectivity index (χ1v) is 5.45. The standard InChI is InChI=1S/C9H17BrN2O3/c1-9(2,8(11)14)5-12-4-6(10)7(13)15-3/h6,12H,4-5H2,1-3H3,(H2,11,14). The molecule has 0 bridgehead atoms. The maximum absolute atomic E-state index is 11.0. The van der Waals surface area contributed by atoms with Crippen LogP contribution in [0, 0.1) is 5.41 Å². The molecule has 0 aliphatic carbocycles. The lowest BCUT2D eigenvalue weighted by molar-refractivity contribution is -0.139. The molecule has 0 saturated carbocycles. The van der Waals surface area contributed by atoms with Gasteiger partial charge < -0.3 is 15.8 Å². The molecule has 1 atom stereocenters. The molecule has 0 aromatic rings. The fraction of sp³-hybridized carbons (Fsp3) is 0.778. The molecule has 0 rings (SSSR count). The predicted octanol–water partition coefficient (Wildman–Crippen LogP) is 0.0240. The second-order valence-electron chi connectivity index (χ2n) is 3.87. The number of carbonyl (C=O) groups excluding carboxylic acids is 2. The Labute approximate surface area is 97.9 Å². The molecule has 0 radical (unpaired) electrons. The summed E-state index contributed by atoms with van der Waals surface area (Å²) in [5.41, 5.74) is 4.57. The molecule has 0 saturated heterocycles. The van der Waals surface area contributed by atoms with Crippen molar-refractivity contribution >= 4 is 27.8 Å². The number of alkyl halides is 1. The number of carbonyl (C=O) groups is 2. The third-order valence-corrected chi connectivity index (χ3v) is 2.71. The lowest BCUT2D eigenvalue weighted by Gasteiger charge is -2.21. The average molecular weight is 281 g/mol. The van der Waals surface area contributed by atoms with Crippen molar-refractivity contribution in [2.45, 2.75) is 18.7 Å². The third-order valence-electron chi connectivity index (χ3n) is 2.01. The Morgan fingerprint density at radius 3 is 2.47 bits per heavy atom. The fourth-order valence-electron chi connectivity index (χ4n) is 0.810. The first-order valence-electron chi connectivity index (χ1n) is 4.54. The summed E-state index contributed by atoms with van der Waals surface area (Å²) in [7, 11) is 1.32. The number of halogens is 1. The van der Waals surface area contributed by atoms with Crippen molar-refractivity contribution in [3.8, 4) is 0 Å². The zero-order chi connectivity index (χ0) is 12.1. The number of rotatable bonds is 6. The fourth-order valence-corrected chi connectivity index (χ4v) is 1.23. The van der Waals surface area contributed by atoms with Gasteiger partial charge in [0.05, 0.1) is 12.5 Å². The number of primary amides is 1. The number of esters is 1. The van der Waals surface area contributed by atoms with Gasteiger partial charge in [0.25, 0.3) is 0 Å². The van der Waals surface area contributed by atoms with Crippen LogP contribution in [-0.4, -0.2) is 36.9 Å². The van der Waals surface area contributed by atoms with E-state index >= 15 is 0 Å². The molecule has 0 aliphatic heterocycles. The van der Waals surface area contributed by atoms with E-state index in [-0.39, 0.29) is 11.9 Å². The van der Waals surface area contributed by atoms with Gasteiger partial charge in [-0.15, -0.1) is 0 Å². The van der Waals surface area contributed by atoms with E-state index in [4.69, 9.17) is 5.73 Å². The molecule has 1 amide bonds. The minimum atomic E-state index is -0.622. The minimum Gasteiger partial charge on any atom is -0.468 e. The van der Waals surface area contributed by atoms with Crippen molar-refractivity contribution in [2.24, 2.45) is 11.1 Å². The van der Waals surface area contributed by atoms with Gasteiger partial charge in [-0.05, 0) is 13.8 Å². The second kappa shape index (κ2) is 6.07. The van der Waals surface area contributed by atoms with Gasteiger partial charge in [-0.2, -0.15) is 0 Å². The molecule has 3 N–H and O–H groups in total. The normalized spacial score (nSPS) is 13.3. The summed E-state index contributed by atoms with van der Waals surface area (Å²) in [5, 5.41) is 2.97. The molecule has 0 aromatic carbocycles. The van der Waals surface area contributed by atoms with Crippen LogP contribution in [0.1, 0.15) is 13.8 Å². The van der Waals surface area contributed by atoms with Crippen LogP contribution in [0.2, 0.25) is 0 Å². The summed E-state index contributed by atoms with van der Waals surface area (Å²) in [4.78, 5) is 21.6. The van der Waals surface area contributed by atoms with Gasteiger partial charge in [0.2, 0.25) is 5.91 Å². The molecule has 6 heteroatoms. The summed E-state index contributed by atoms with van der Waals surface area (Å²) in [6.07, 6.45) is 0. The molecule has 5 nitrogen and oxygen atoms in total. The zero-order valence-electron chi connectivity index (χ0n) is 9.17. The Hall–Kier alpha value is -0.620. The van der Waals surface area contributed by atoms with Crippen LogP contribution in [0.5, 0.6) is 0 Å². The van der Waals surface area contributed by atoms with Gasteiger partial charge >= 0.3 is 5.97 Å².